The molecule has 1 aliphatic rings. The first-order valence-electron chi connectivity index (χ1n) is 11.0. The van der Waals surface area contributed by atoms with Crippen molar-refractivity contribution >= 4 is 11.9 Å². The van der Waals surface area contributed by atoms with Crippen LogP contribution >= 0.6 is 0 Å². The molecule has 0 radical (unpaired) electrons. The summed E-state index contributed by atoms with van der Waals surface area (Å²) in [4.78, 5) is 28.9. The monoisotopic (exact) mass is 484 g/mol. The Labute approximate surface area is 196 Å². The molecule has 1 aliphatic heterocycles. The van der Waals surface area contributed by atoms with Gasteiger partial charge in [-0.3, -0.25) is 9.69 Å². The van der Waals surface area contributed by atoms with Crippen LogP contribution in [0.5, 0.6) is 0 Å². The highest BCUT2D eigenvalue weighted by Gasteiger charge is 2.38. The van der Waals surface area contributed by atoms with Crippen LogP contribution in [-0.4, -0.2) is 64.4 Å². The van der Waals surface area contributed by atoms with E-state index >= 15 is 0 Å². The first-order chi connectivity index (χ1) is 16.1. The van der Waals surface area contributed by atoms with Gasteiger partial charge < -0.3 is 19.7 Å². The van der Waals surface area contributed by atoms with Crippen LogP contribution in [0, 0.1) is 0 Å². The molecular formula is C23H31F3N4O4. The number of hydrogen-bond donors (Lipinski definition) is 2. The number of methoxy groups -OCH3 is 1. The molecule has 2 N–H and O–H groups in total. The van der Waals surface area contributed by atoms with Crippen molar-refractivity contribution in [2.75, 3.05) is 26.8 Å². The minimum Gasteiger partial charge on any atom is -0.475 e. The molecular weight excluding hydrogens is 453 g/mol. The Morgan fingerprint density at radius 1 is 1.26 bits per heavy atom. The molecule has 1 aromatic carbocycles. The third kappa shape index (κ3) is 7.56. The number of rotatable bonds is 8. The quantitative estimate of drug-likeness (QED) is 0.558. The van der Waals surface area contributed by atoms with Gasteiger partial charge in [-0.05, 0) is 25.8 Å². The van der Waals surface area contributed by atoms with Crippen molar-refractivity contribution < 1.29 is 32.6 Å². The van der Waals surface area contributed by atoms with Crippen LogP contribution < -0.4 is 5.32 Å². The lowest BCUT2D eigenvalue weighted by Gasteiger charge is -2.36. The van der Waals surface area contributed by atoms with Gasteiger partial charge in [0.05, 0.1) is 17.7 Å². The Bertz CT molecular complexity index is 932. The predicted molar refractivity (Wildman–Crippen MR) is 119 cm³/mol. The van der Waals surface area contributed by atoms with E-state index in [4.69, 9.17) is 14.6 Å². The number of imidazole rings is 1. The second kappa shape index (κ2) is 12.5. The maximum absolute atomic E-state index is 13.2. The number of fused-ring (bicyclic) bond motifs is 1. The summed E-state index contributed by atoms with van der Waals surface area (Å²) in [6.45, 7) is 7.10. The molecule has 1 aromatic heterocycles. The van der Waals surface area contributed by atoms with Crippen molar-refractivity contribution in [3.63, 3.8) is 0 Å². The molecule has 0 fully saturated rings. The summed E-state index contributed by atoms with van der Waals surface area (Å²) < 4.78 is 39.0. The molecule has 1 amide bonds. The largest absolute Gasteiger partial charge is 0.490 e. The van der Waals surface area contributed by atoms with Gasteiger partial charge in [-0.2, -0.15) is 13.2 Å². The third-order valence-electron chi connectivity index (χ3n) is 5.27. The van der Waals surface area contributed by atoms with Crippen molar-refractivity contribution in [1.29, 1.82) is 0 Å². The minimum atomic E-state index is -5.08. The highest BCUT2D eigenvalue weighted by atomic mass is 19.4. The number of carbonyl (C=O) groups is 2. The number of carboxylic acid groups (broad SMARTS) is 1. The molecule has 2 aromatic rings. The Morgan fingerprint density at radius 3 is 2.47 bits per heavy atom. The van der Waals surface area contributed by atoms with Crippen LogP contribution in [0.15, 0.2) is 36.7 Å². The molecule has 11 heteroatoms. The number of hydrogen-bond acceptors (Lipinski definition) is 5. The SMILES string of the molecule is COCCCNC(=O)C1c2c(ncn2C(C)C)CCN1Cc1ccccc1.O=C(O)C(F)(F)F. The number of aliphatic carboxylic acids is 1. The highest BCUT2D eigenvalue weighted by molar-refractivity contribution is 5.83. The number of nitrogens with one attached hydrogen (secondary N) is 1. The molecule has 0 saturated heterocycles. The van der Waals surface area contributed by atoms with Crippen molar-refractivity contribution in [2.24, 2.45) is 0 Å². The van der Waals surface area contributed by atoms with Gasteiger partial charge in [0, 0.05) is 45.8 Å². The molecule has 3 rings (SSSR count). The van der Waals surface area contributed by atoms with E-state index in [9.17, 15) is 18.0 Å². The summed E-state index contributed by atoms with van der Waals surface area (Å²) in [6.07, 6.45) is -1.52. The fraction of sp³-hybridized carbons (Fsp3) is 0.522. The molecule has 0 aliphatic carbocycles. The number of benzene rings is 1. The Kier molecular flexibility index (Phi) is 10.1. The number of nitrogens with zero attached hydrogens (tertiary/aromatic N) is 3. The third-order valence-corrected chi connectivity index (χ3v) is 5.27. The minimum absolute atomic E-state index is 0.0467. The lowest BCUT2D eigenvalue weighted by Crippen LogP contribution is -2.45. The normalized spacial score (nSPS) is 15.9. The van der Waals surface area contributed by atoms with Gasteiger partial charge in [-0.15, -0.1) is 0 Å². The van der Waals surface area contributed by atoms with Gasteiger partial charge in [-0.25, -0.2) is 9.78 Å². The van der Waals surface area contributed by atoms with Gasteiger partial charge in [0.25, 0.3) is 0 Å². The number of carboxylic acids is 1. The van der Waals surface area contributed by atoms with Crippen LogP contribution in [0.3, 0.4) is 0 Å². The van der Waals surface area contributed by atoms with Gasteiger partial charge in [-0.1, -0.05) is 30.3 Å². The second-order valence-electron chi connectivity index (χ2n) is 8.13. The van der Waals surface area contributed by atoms with Gasteiger partial charge in [0.2, 0.25) is 5.91 Å². The number of amides is 1. The van der Waals surface area contributed by atoms with Crippen LogP contribution in [0.25, 0.3) is 0 Å². The molecule has 0 spiro atoms. The van der Waals surface area contributed by atoms with Crippen LogP contribution in [0.4, 0.5) is 13.2 Å². The lowest BCUT2D eigenvalue weighted by atomic mass is 10.00. The number of alkyl halides is 3. The maximum atomic E-state index is 13.2. The van der Waals surface area contributed by atoms with E-state index < -0.39 is 12.1 Å². The maximum Gasteiger partial charge on any atom is 0.490 e. The molecule has 0 bridgehead atoms. The van der Waals surface area contributed by atoms with Gasteiger partial charge in [0.15, 0.2) is 0 Å². The van der Waals surface area contributed by atoms with E-state index in [-0.39, 0.29) is 18.0 Å². The summed E-state index contributed by atoms with van der Waals surface area (Å²) in [5, 5.41) is 10.2. The highest BCUT2D eigenvalue weighted by Crippen LogP contribution is 2.32. The average Bonchev–Trinajstić information content (AvgIpc) is 3.21. The zero-order chi connectivity index (χ0) is 25.3. The summed E-state index contributed by atoms with van der Waals surface area (Å²) >= 11 is 0. The summed E-state index contributed by atoms with van der Waals surface area (Å²) in [5.74, 6) is -2.71. The number of carbonyl (C=O) groups excluding carboxylic acids is 1. The fourth-order valence-electron chi connectivity index (χ4n) is 3.67. The van der Waals surface area contributed by atoms with E-state index in [0.717, 1.165) is 37.3 Å². The first-order valence-corrected chi connectivity index (χ1v) is 11.0. The van der Waals surface area contributed by atoms with Crippen LogP contribution in [0.2, 0.25) is 0 Å². The Hall–Kier alpha value is -2.92. The lowest BCUT2D eigenvalue weighted by molar-refractivity contribution is -0.192. The zero-order valence-corrected chi connectivity index (χ0v) is 19.5. The van der Waals surface area contributed by atoms with Crippen LogP contribution in [0.1, 0.15) is 49.3 Å². The number of halogens is 3. The van der Waals surface area contributed by atoms with Crippen molar-refractivity contribution in [2.45, 2.75) is 51.5 Å². The number of aromatic nitrogens is 2. The van der Waals surface area contributed by atoms with Crippen molar-refractivity contribution in [3.8, 4) is 0 Å². The molecule has 1 unspecified atom stereocenters. The Balaban J connectivity index is 0.000000509. The number of ether oxygens (including phenoxy) is 1. The van der Waals surface area contributed by atoms with Crippen molar-refractivity contribution in [3.05, 3.63) is 53.6 Å². The predicted octanol–water partition coefficient (Wildman–Crippen LogP) is 3.35. The standard InChI is InChI=1S/C21H30N4O2.C2HF3O2/c1-16(2)25-15-23-18-10-12-24(14-17-8-5-4-6-9-17)20(19(18)25)21(26)22-11-7-13-27-3;3-2(4,5)1(6)7/h4-6,8-9,15-16,20H,7,10-14H2,1-3H3,(H,22,26);(H,6,7). The Morgan fingerprint density at radius 2 is 1.91 bits per heavy atom. The molecule has 2 heterocycles. The van der Waals surface area contributed by atoms with E-state index in [1.807, 2.05) is 24.5 Å². The molecule has 34 heavy (non-hydrogen) atoms. The van der Waals surface area contributed by atoms with Gasteiger partial charge >= 0.3 is 12.1 Å². The average molecular weight is 485 g/mol. The van der Waals surface area contributed by atoms with Crippen LogP contribution in [-0.2, 0) is 27.3 Å². The topological polar surface area (TPSA) is 96.7 Å². The van der Waals surface area contributed by atoms with E-state index in [0.29, 0.717) is 13.2 Å². The molecule has 8 nitrogen and oxygen atoms in total. The molecule has 0 saturated carbocycles. The fourth-order valence-corrected chi connectivity index (χ4v) is 3.67. The van der Waals surface area contributed by atoms with E-state index in [2.05, 4.69) is 45.7 Å². The molecule has 188 valence electrons. The molecule has 1 atom stereocenters. The van der Waals surface area contributed by atoms with E-state index in [1.54, 1.807) is 7.11 Å². The second-order valence-corrected chi connectivity index (χ2v) is 8.13. The van der Waals surface area contributed by atoms with Crippen molar-refractivity contribution in [1.82, 2.24) is 19.8 Å². The van der Waals surface area contributed by atoms with Gasteiger partial charge in [0.1, 0.15) is 6.04 Å². The summed E-state index contributed by atoms with van der Waals surface area (Å²) in [7, 11) is 1.68. The van der Waals surface area contributed by atoms with E-state index in [1.165, 1.54) is 5.56 Å². The smallest absolute Gasteiger partial charge is 0.475 e. The summed E-state index contributed by atoms with van der Waals surface area (Å²) in [5.41, 5.74) is 3.30. The first kappa shape index (κ1) is 27.3. The summed E-state index contributed by atoms with van der Waals surface area (Å²) in [6, 6.07) is 10.3. The zero-order valence-electron chi connectivity index (χ0n) is 19.5.